The second-order valence-corrected chi connectivity index (χ2v) is 8.39. The van der Waals surface area contributed by atoms with E-state index in [1.165, 1.54) is 16.6 Å². The first-order valence-electron chi connectivity index (χ1n) is 8.51. The number of carbonyl (C=O) groups is 1. The first kappa shape index (κ1) is 17.5. The Balaban J connectivity index is 1.48. The fourth-order valence-corrected chi connectivity index (χ4v) is 4.79. The van der Waals surface area contributed by atoms with Crippen molar-refractivity contribution in [1.29, 1.82) is 5.26 Å². The summed E-state index contributed by atoms with van der Waals surface area (Å²) in [6.07, 6.45) is 1.72. The Morgan fingerprint density at radius 2 is 1.89 bits per heavy atom. The number of hydrogen-bond donors (Lipinski definition) is 1. The number of fused-ring (bicyclic) bond motifs is 1. The number of piperazine rings is 1. The van der Waals surface area contributed by atoms with E-state index in [-0.39, 0.29) is 17.2 Å². The molecule has 1 aromatic carbocycles. The summed E-state index contributed by atoms with van der Waals surface area (Å²) in [6, 6.07) is 10.3. The van der Waals surface area contributed by atoms with Crippen LogP contribution in [0.5, 0.6) is 0 Å². The fraction of sp³-hybridized carbons (Fsp3) is 0.278. The molecule has 3 heterocycles. The molecule has 1 aromatic heterocycles. The van der Waals surface area contributed by atoms with Gasteiger partial charge in [-0.15, -0.1) is 0 Å². The van der Waals surface area contributed by atoms with E-state index in [0.29, 0.717) is 43.0 Å². The molecule has 138 valence electrons. The number of sulfonamides is 1. The first-order valence-corrected chi connectivity index (χ1v) is 9.95. The van der Waals surface area contributed by atoms with Crippen LogP contribution in [0.15, 0.2) is 41.4 Å². The number of hydrogen-bond acceptors (Lipinski definition) is 6. The lowest BCUT2D eigenvalue weighted by molar-refractivity contribution is -0.115. The maximum atomic E-state index is 12.9. The highest BCUT2D eigenvalue weighted by molar-refractivity contribution is 7.89. The van der Waals surface area contributed by atoms with Crippen molar-refractivity contribution >= 4 is 27.4 Å². The van der Waals surface area contributed by atoms with E-state index >= 15 is 0 Å². The van der Waals surface area contributed by atoms with Crippen molar-refractivity contribution in [3.8, 4) is 6.07 Å². The number of rotatable bonds is 3. The van der Waals surface area contributed by atoms with Gasteiger partial charge in [-0.3, -0.25) is 4.79 Å². The van der Waals surface area contributed by atoms with Gasteiger partial charge in [0.1, 0.15) is 11.9 Å². The molecule has 0 saturated carbocycles. The van der Waals surface area contributed by atoms with Crippen molar-refractivity contribution in [3.05, 3.63) is 47.7 Å². The molecule has 0 unspecified atom stereocenters. The van der Waals surface area contributed by atoms with Crippen LogP contribution in [0.25, 0.3) is 0 Å². The molecular weight excluding hydrogens is 366 g/mol. The Kier molecular flexibility index (Phi) is 4.30. The van der Waals surface area contributed by atoms with Gasteiger partial charge < -0.3 is 10.2 Å². The number of nitrogens with one attached hydrogen (secondary N) is 1. The lowest BCUT2D eigenvalue weighted by Gasteiger charge is -2.34. The third-order valence-electron chi connectivity index (χ3n) is 4.78. The van der Waals surface area contributed by atoms with Crippen molar-refractivity contribution < 1.29 is 13.2 Å². The molecule has 2 aliphatic rings. The van der Waals surface area contributed by atoms with Crippen LogP contribution in [0.4, 0.5) is 11.5 Å². The van der Waals surface area contributed by atoms with Crippen LogP contribution in [0.1, 0.15) is 11.1 Å². The number of anilines is 2. The molecule has 1 fully saturated rings. The molecule has 1 amide bonds. The molecule has 2 aromatic rings. The largest absolute Gasteiger partial charge is 0.354 e. The van der Waals surface area contributed by atoms with Crippen LogP contribution in [-0.4, -0.2) is 49.8 Å². The monoisotopic (exact) mass is 383 g/mol. The minimum Gasteiger partial charge on any atom is -0.354 e. The van der Waals surface area contributed by atoms with Crippen molar-refractivity contribution in [2.45, 2.75) is 11.3 Å². The minimum absolute atomic E-state index is 0.122. The number of aromatic nitrogens is 1. The molecule has 0 aliphatic carbocycles. The summed E-state index contributed by atoms with van der Waals surface area (Å²) in [5.74, 6) is 0.608. The van der Waals surface area contributed by atoms with Gasteiger partial charge in [0.25, 0.3) is 0 Å². The molecule has 0 atom stereocenters. The third kappa shape index (κ3) is 3.25. The number of nitriles is 1. The van der Waals surface area contributed by atoms with E-state index in [4.69, 9.17) is 5.26 Å². The maximum Gasteiger partial charge on any atom is 0.243 e. The van der Waals surface area contributed by atoms with Crippen molar-refractivity contribution in [2.24, 2.45) is 0 Å². The van der Waals surface area contributed by atoms with Crippen LogP contribution < -0.4 is 10.2 Å². The average Bonchev–Trinajstić information content (AvgIpc) is 3.07. The summed E-state index contributed by atoms with van der Waals surface area (Å²) < 4.78 is 27.3. The first-order chi connectivity index (χ1) is 13.0. The molecule has 9 heteroatoms. The van der Waals surface area contributed by atoms with Gasteiger partial charge in [0, 0.05) is 38.1 Å². The van der Waals surface area contributed by atoms with Gasteiger partial charge in [0.15, 0.2) is 0 Å². The van der Waals surface area contributed by atoms with Gasteiger partial charge in [-0.1, -0.05) is 0 Å². The molecule has 4 rings (SSSR count). The topological polar surface area (TPSA) is 106 Å². The summed E-state index contributed by atoms with van der Waals surface area (Å²) in [7, 11) is -3.61. The third-order valence-corrected chi connectivity index (χ3v) is 6.67. The van der Waals surface area contributed by atoms with Crippen LogP contribution >= 0.6 is 0 Å². The number of pyridine rings is 1. The highest BCUT2D eigenvalue weighted by Crippen LogP contribution is 2.28. The van der Waals surface area contributed by atoms with Crippen molar-refractivity contribution in [2.75, 3.05) is 36.4 Å². The molecule has 1 saturated heterocycles. The van der Waals surface area contributed by atoms with Gasteiger partial charge in [-0.05, 0) is 35.9 Å². The zero-order valence-electron chi connectivity index (χ0n) is 14.4. The van der Waals surface area contributed by atoms with Crippen LogP contribution in [0, 0.1) is 11.3 Å². The van der Waals surface area contributed by atoms with Crippen LogP contribution in [0.2, 0.25) is 0 Å². The number of carbonyl (C=O) groups excluding carboxylic acids is 1. The van der Waals surface area contributed by atoms with Gasteiger partial charge >= 0.3 is 0 Å². The number of benzene rings is 1. The Morgan fingerprint density at radius 3 is 2.56 bits per heavy atom. The maximum absolute atomic E-state index is 12.9. The quantitative estimate of drug-likeness (QED) is 0.846. The zero-order valence-corrected chi connectivity index (χ0v) is 15.2. The molecule has 0 spiro atoms. The molecule has 1 N–H and O–H groups in total. The Labute approximate surface area is 157 Å². The summed E-state index contributed by atoms with van der Waals surface area (Å²) in [6.45, 7) is 1.72. The minimum atomic E-state index is -3.61. The molecule has 27 heavy (non-hydrogen) atoms. The normalized spacial score (nSPS) is 17.3. The summed E-state index contributed by atoms with van der Waals surface area (Å²) in [4.78, 5) is 17.9. The summed E-state index contributed by atoms with van der Waals surface area (Å²) >= 11 is 0. The molecule has 0 bridgehead atoms. The lowest BCUT2D eigenvalue weighted by Crippen LogP contribution is -2.48. The predicted molar refractivity (Wildman–Crippen MR) is 98.7 cm³/mol. The molecule has 8 nitrogen and oxygen atoms in total. The van der Waals surface area contributed by atoms with Crippen molar-refractivity contribution in [3.63, 3.8) is 0 Å². The molecule has 2 aliphatic heterocycles. The zero-order chi connectivity index (χ0) is 19.0. The Bertz CT molecular complexity index is 1040. The predicted octanol–water partition coefficient (Wildman–Crippen LogP) is 0.959. The second kappa shape index (κ2) is 6.64. The van der Waals surface area contributed by atoms with E-state index in [9.17, 15) is 13.2 Å². The van der Waals surface area contributed by atoms with E-state index in [2.05, 4.69) is 10.3 Å². The van der Waals surface area contributed by atoms with Gasteiger partial charge in [0.05, 0.1) is 16.9 Å². The SMILES string of the molecule is N#Cc1ccc(N2CCN(S(=O)(=O)c3ccc4c(c3)CC(=O)N4)CC2)nc1. The smallest absolute Gasteiger partial charge is 0.243 e. The Morgan fingerprint density at radius 1 is 1.11 bits per heavy atom. The molecular formula is C18H17N5O3S. The lowest BCUT2D eigenvalue weighted by atomic mass is 10.2. The highest BCUT2D eigenvalue weighted by atomic mass is 32.2. The van der Waals surface area contributed by atoms with E-state index < -0.39 is 10.0 Å². The van der Waals surface area contributed by atoms with E-state index in [1.54, 1.807) is 24.3 Å². The summed E-state index contributed by atoms with van der Waals surface area (Å²) in [5.41, 5.74) is 1.88. The van der Waals surface area contributed by atoms with Crippen LogP contribution in [-0.2, 0) is 21.2 Å². The van der Waals surface area contributed by atoms with Gasteiger partial charge in [0.2, 0.25) is 15.9 Å². The van der Waals surface area contributed by atoms with E-state index in [1.807, 2.05) is 11.0 Å². The standard InChI is InChI=1S/C18H17N5O3S/c19-11-13-1-4-17(20-12-13)22-5-7-23(8-6-22)27(25,26)15-2-3-16-14(9-15)10-18(24)21-16/h1-4,9,12H,5-8,10H2,(H,21,24). The van der Waals surface area contributed by atoms with E-state index in [0.717, 1.165) is 5.82 Å². The van der Waals surface area contributed by atoms with Gasteiger partial charge in [-0.2, -0.15) is 9.57 Å². The Hall–Kier alpha value is -2.96. The average molecular weight is 383 g/mol. The number of nitrogens with zero attached hydrogens (tertiary/aromatic N) is 4. The van der Waals surface area contributed by atoms with Crippen LogP contribution in [0.3, 0.4) is 0 Å². The highest BCUT2D eigenvalue weighted by Gasteiger charge is 2.30. The van der Waals surface area contributed by atoms with Gasteiger partial charge in [-0.25, -0.2) is 13.4 Å². The summed E-state index contributed by atoms with van der Waals surface area (Å²) in [5, 5.41) is 11.6. The second-order valence-electron chi connectivity index (χ2n) is 6.45. The molecule has 0 radical (unpaired) electrons. The number of amides is 1. The van der Waals surface area contributed by atoms with Crippen molar-refractivity contribution in [1.82, 2.24) is 9.29 Å². The fourth-order valence-electron chi connectivity index (χ4n) is 3.31.